The summed E-state index contributed by atoms with van der Waals surface area (Å²) >= 11 is 0. The molecule has 0 radical (unpaired) electrons. The Bertz CT molecular complexity index is 776. The smallest absolute Gasteiger partial charge is 0.256 e. The molecule has 1 aromatic heterocycles. The van der Waals surface area contributed by atoms with Crippen molar-refractivity contribution in [3.63, 3.8) is 0 Å². The number of aromatic amines is 1. The van der Waals surface area contributed by atoms with Crippen molar-refractivity contribution in [1.29, 1.82) is 0 Å². The molecule has 0 bridgehead atoms. The molecule has 4 rings (SSSR count). The molecule has 1 aromatic carbocycles. The van der Waals surface area contributed by atoms with Crippen LogP contribution in [0.3, 0.4) is 0 Å². The Labute approximate surface area is 166 Å². The molecule has 1 amide bonds. The fourth-order valence-corrected chi connectivity index (χ4v) is 4.25. The minimum absolute atomic E-state index is 0.112. The van der Waals surface area contributed by atoms with Crippen molar-refractivity contribution in [2.45, 2.75) is 45.1 Å². The van der Waals surface area contributed by atoms with Gasteiger partial charge in [0, 0.05) is 37.0 Å². The molecule has 2 fully saturated rings. The van der Waals surface area contributed by atoms with Gasteiger partial charge in [-0.3, -0.25) is 14.8 Å². The Morgan fingerprint density at radius 2 is 2.00 bits per heavy atom. The van der Waals surface area contributed by atoms with Crippen LogP contribution in [-0.4, -0.2) is 47.3 Å². The van der Waals surface area contributed by atoms with Gasteiger partial charge in [-0.2, -0.15) is 5.10 Å². The fraction of sp³-hybridized carbons (Fsp3) is 0.545. The second kappa shape index (κ2) is 9.34. The number of hydrogen-bond acceptors (Lipinski definition) is 4. The van der Waals surface area contributed by atoms with Gasteiger partial charge in [0.2, 0.25) is 0 Å². The van der Waals surface area contributed by atoms with Crippen LogP contribution in [0.25, 0.3) is 0 Å². The molecule has 1 aliphatic heterocycles. The number of rotatable bonds is 6. The fourth-order valence-electron chi connectivity index (χ4n) is 4.25. The van der Waals surface area contributed by atoms with E-state index in [1.807, 2.05) is 24.3 Å². The van der Waals surface area contributed by atoms with E-state index in [1.165, 1.54) is 32.1 Å². The first-order valence-corrected chi connectivity index (χ1v) is 10.5. The minimum Gasteiger partial charge on any atom is -0.379 e. The summed E-state index contributed by atoms with van der Waals surface area (Å²) < 4.78 is 5.40. The van der Waals surface area contributed by atoms with Crippen LogP contribution in [0.1, 0.15) is 53.7 Å². The molecule has 2 heterocycles. The molecule has 1 saturated carbocycles. The highest BCUT2D eigenvalue weighted by molar-refractivity contribution is 6.03. The number of benzene rings is 1. The average Bonchev–Trinajstić information content (AvgIpc) is 3.16. The van der Waals surface area contributed by atoms with E-state index in [9.17, 15) is 4.79 Å². The number of aromatic nitrogens is 2. The zero-order valence-corrected chi connectivity index (χ0v) is 16.5. The van der Waals surface area contributed by atoms with E-state index < -0.39 is 0 Å². The minimum atomic E-state index is -0.112. The molecule has 6 nitrogen and oxygen atoms in total. The molecule has 2 N–H and O–H groups in total. The lowest BCUT2D eigenvalue weighted by atomic mass is 9.86. The van der Waals surface area contributed by atoms with Crippen LogP contribution in [0.2, 0.25) is 0 Å². The summed E-state index contributed by atoms with van der Waals surface area (Å²) in [5.41, 5.74) is 2.93. The van der Waals surface area contributed by atoms with E-state index in [1.54, 1.807) is 0 Å². The van der Waals surface area contributed by atoms with Gasteiger partial charge < -0.3 is 10.1 Å². The lowest BCUT2D eigenvalue weighted by Gasteiger charge is -2.26. The number of nitrogens with zero attached hydrogens (tertiary/aromatic N) is 2. The van der Waals surface area contributed by atoms with Crippen molar-refractivity contribution < 1.29 is 9.53 Å². The molecule has 2 aliphatic rings. The summed E-state index contributed by atoms with van der Waals surface area (Å²) in [5, 5.41) is 10.3. The second-order valence-electron chi connectivity index (χ2n) is 8.03. The van der Waals surface area contributed by atoms with Crippen molar-refractivity contribution in [3.8, 4) is 0 Å². The van der Waals surface area contributed by atoms with E-state index in [4.69, 9.17) is 4.74 Å². The van der Waals surface area contributed by atoms with Crippen LogP contribution in [0.5, 0.6) is 0 Å². The Hall–Kier alpha value is -2.18. The Balaban J connectivity index is 1.33. The maximum Gasteiger partial charge on any atom is 0.256 e. The number of ether oxygens (including phenoxy) is 1. The molecular weight excluding hydrogens is 352 g/mol. The molecule has 0 unspecified atom stereocenters. The zero-order valence-electron chi connectivity index (χ0n) is 16.5. The number of anilines is 1. The van der Waals surface area contributed by atoms with Gasteiger partial charge in [-0.15, -0.1) is 0 Å². The van der Waals surface area contributed by atoms with E-state index in [0.717, 1.165) is 56.4 Å². The standard InChI is InChI=1S/C22H30N4O2/c27-22(19-8-4-7-18(13-19)16-26-9-11-28-12-10-26)23-21-15-20(24-25-21)14-17-5-2-1-3-6-17/h4,7-8,13,15,17H,1-3,5-6,9-12,14,16H2,(H2,23,24,25,27). The molecule has 1 aliphatic carbocycles. The maximum atomic E-state index is 12.7. The first-order valence-electron chi connectivity index (χ1n) is 10.5. The van der Waals surface area contributed by atoms with Crippen molar-refractivity contribution in [1.82, 2.24) is 15.1 Å². The van der Waals surface area contributed by atoms with E-state index in [-0.39, 0.29) is 5.91 Å². The molecule has 28 heavy (non-hydrogen) atoms. The number of H-pyrrole nitrogens is 1. The summed E-state index contributed by atoms with van der Waals surface area (Å²) in [4.78, 5) is 15.0. The highest BCUT2D eigenvalue weighted by Gasteiger charge is 2.16. The third-order valence-corrected chi connectivity index (χ3v) is 5.80. The van der Waals surface area contributed by atoms with Crippen molar-refractivity contribution in [2.24, 2.45) is 5.92 Å². The van der Waals surface area contributed by atoms with E-state index >= 15 is 0 Å². The van der Waals surface area contributed by atoms with Crippen LogP contribution >= 0.6 is 0 Å². The molecule has 1 saturated heterocycles. The summed E-state index contributed by atoms with van der Waals surface area (Å²) in [6, 6.07) is 9.82. The third-order valence-electron chi connectivity index (χ3n) is 5.80. The predicted molar refractivity (Wildman–Crippen MR) is 109 cm³/mol. The monoisotopic (exact) mass is 382 g/mol. The molecule has 2 aromatic rings. The summed E-state index contributed by atoms with van der Waals surface area (Å²) in [5.74, 6) is 1.24. The van der Waals surface area contributed by atoms with Crippen LogP contribution in [0, 0.1) is 5.92 Å². The summed E-state index contributed by atoms with van der Waals surface area (Å²) in [6.07, 6.45) is 7.67. The van der Waals surface area contributed by atoms with Crippen LogP contribution < -0.4 is 5.32 Å². The highest BCUT2D eigenvalue weighted by Crippen LogP contribution is 2.26. The first kappa shape index (κ1) is 19.2. The van der Waals surface area contributed by atoms with Crippen molar-refractivity contribution >= 4 is 11.7 Å². The van der Waals surface area contributed by atoms with Crippen molar-refractivity contribution in [2.75, 3.05) is 31.6 Å². The number of carbonyl (C=O) groups is 1. The summed E-state index contributed by atoms with van der Waals surface area (Å²) in [7, 11) is 0. The van der Waals surface area contributed by atoms with E-state index in [2.05, 4.69) is 26.5 Å². The maximum absolute atomic E-state index is 12.7. The SMILES string of the molecule is O=C(Nc1cc(CC2CCCCC2)[nH]n1)c1cccc(CN2CCOCC2)c1. The lowest BCUT2D eigenvalue weighted by Crippen LogP contribution is -2.35. The summed E-state index contributed by atoms with van der Waals surface area (Å²) in [6.45, 7) is 4.28. The molecule has 6 heteroatoms. The van der Waals surface area contributed by atoms with Gasteiger partial charge in [-0.05, 0) is 30.0 Å². The molecule has 0 atom stereocenters. The molecule has 150 valence electrons. The van der Waals surface area contributed by atoms with Gasteiger partial charge in [0.05, 0.1) is 13.2 Å². The number of morpholine rings is 1. The average molecular weight is 383 g/mol. The largest absolute Gasteiger partial charge is 0.379 e. The topological polar surface area (TPSA) is 70.2 Å². The zero-order chi connectivity index (χ0) is 19.2. The van der Waals surface area contributed by atoms with Crippen LogP contribution in [-0.2, 0) is 17.7 Å². The quantitative estimate of drug-likeness (QED) is 0.801. The highest BCUT2D eigenvalue weighted by atomic mass is 16.5. The third kappa shape index (κ3) is 5.20. The van der Waals surface area contributed by atoms with E-state index in [0.29, 0.717) is 11.4 Å². The van der Waals surface area contributed by atoms with Gasteiger partial charge in [0.25, 0.3) is 5.91 Å². The lowest BCUT2D eigenvalue weighted by molar-refractivity contribution is 0.0342. The molecule has 0 spiro atoms. The van der Waals surface area contributed by atoms with Crippen LogP contribution in [0.15, 0.2) is 30.3 Å². The Morgan fingerprint density at radius 3 is 2.82 bits per heavy atom. The van der Waals surface area contributed by atoms with Gasteiger partial charge in [-0.1, -0.05) is 44.2 Å². The number of carbonyl (C=O) groups excluding carboxylic acids is 1. The number of nitrogens with one attached hydrogen (secondary N) is 2. The van der Waals surface area contributed by atoms with Gasteiger partial charge >= 0.3 is 0 Å². The van der Waals surface area contributed by atoms with Crippen LogP contribution in [0.4, 0.5) is 5.82 Å². The normalized spacial score (nSPS) is 18.9. The first-order chi connectivity index (χ1) is 13.8. The predicted octanol–water partition coefficient (Wildman–Crippen LogP) is 3.62. The Kier molecular flexibility index (Phi) is 6.39. The van der Waals surface area contributed by atoms with Gasteiger partial charge in [0.15, 0.2) is 5.82 Å². The second-order valence-corrected chi connectivity index (χ2v) is 8.03. The number of amides is 1. The van der Waals surface area contributed by atoms with Gasteiger partial charge in [-0.25, -0.2) is 0 Å². The molecular formula is C22H30N4O2. The number of hydrogen-bond donors (Lipinski definition) is 2. The van der Waals surface area contributed by atoms with Gasteiger partial charge in [0.1, 0.15) is 0 Å². The Morgan fingerprint density at radius 1 is 1.18 bits per heavy atom. The van der Waals surface area contributed by atoms with Crippen molar-refractivity contribution in [3.05, 3.63) is 47.2 Å².